The van der Waals surface area contributed by atoms with Gasteiger partial charge in [0.25, 0.3) is 0 Å². The van der Waals surface area contributed by atoms with Crippen molar-refractivity contribution in [3.05, 3.63) is 23.8 Å². The first-order valence-electron chi connectivity index (χ1n) is 6.68. The fourth-order valence-electron chi connectivity index (χ4n) is 2.41. The standard InChI is InChI=1S/C15H23NOS/c1-11(2)17-12-6-7-14-13(10-12)15(3,16-4)8-5-9-18-14/h6-7,10-11,16H,5,8-9H2,1-4H3. The van der Waals surface area contributed by atoms with E-state index in [2.05, 4.69) is 51.3 Å². The summed E-state index contributed by atoms with van der Waals surface area (Å²) in [6.07, 6.45) is 2.65. The van der Waals surface area contributed by atoms with Crippen LogP contribution in [0.1, 0.15) is 39.2 Å². The summed E-state index contributed by atoms with van der Waals surface area (Å²) < 4.78 is 5.82. The van der Waals surface area contributed by atoms with Gasteiger partial charge in [-0.3, -0.25) is 0 Å². The molecule has 1 aromatic rings. The number of fused-ring (bicyclic) bond motifs is 1. The van der Waals surface area contributed by atoms with Gasteiger partial charge >= 0.3 is 0 Å². The molecule has 0 radical (unpaired) electrons. The molecule has 1 unspecified atom stereocenters. The molecule has 2 rings (SSSR count). The SMILES string of the molecule is CNC1(C)CCCSc2ccc(OC(C)C)cc21. The Morgan fingerprint density at radius 2 is 2.17 bits per heavy atom. The Balaban J connectivity index is 2.40. The molecule has 1 aromatic carbocycles. The summed E-state index contributed by atoms with van der Waals surface area (Å²) in [6, 6.07) is 6.51. The van der Waals surface area contributed by atoms with E-state index in [1.807, 2.05) is 11.8 Å². The summed E-state index contributed by atoms with van der Waals surface area (Å²) in [5.74, 6) is 2.18. The van der Waals surface area contributed by atoms with Crippen LogP contribution in [-0.4, -0.2) is 18.9 Å². The second kappa shape index (κ2) is 5.54. The van der Waals surface area contributed by atoms with E-state index in [9.17, 15) is 0 Å². The number of benzene rings is 1. The molecule has 1 heterocycles. The summed E-state index contributed by atoms with van der Waals surface area (Å²) in [5.41, 5.74) is 1.44. The lowest BCUT2D eigenvalue weighted by atomic mass is 9.87. The van der Waals surface area contributed by atoms with Gasteiger partial charge in [0.05, 0.1) is 6.10 Å². The van der Waals surface area contributed by atoms with Crippen molar-refractivity contribution in [2.75, 3.05) is 12.8 Å². The first kappa shape index (κ1) is 13.8. The Labute approximate surface area is 114 Å². The predicted molar refractivity (Wildman–Crippen MR) is 78.6 cm³/mol. The van der Waals surface area contributed by atoms with Crippen LogP contribution in [0.2, 0.25) is 0 Å². The van der Waals surface area contributed by atoms with Gasteiger partial charge in [0, 0.05) is 10.4 Å². The van der Waals surface area contributed by atoms with E-state index < -0.39 is 0 Å². The van der Waals surface area contributed by atoms with Crippen molar-refractivity contribution in [2.24, 2.45) is 0 Å². The molecular formula is C15H23NOS. The lowest BCUT2D eigenvalue weighted by Gasteiger charge is -2.30. The molecule has 0 amide bonds. The van der Waals surface area contributed by atoms with Crippen molar-refractivity contribution >= 4 is 11.8 Å². The van der Waals surface area contributed by atoms with Crippen LogP contribution >= 0.6 is 11.8 Å². The molecule has 1 atom stereocenters. The quantitative estimate of drug-likeness (QED) is 0.898. The van der Waals surface area contributed by atoms with Gasteiger partial charge in [-0.25, -0.2) is 0 Å². The van der Waals surface area contributed by atoms with Gasteiger partial charge in [0.1, 0.15) is 5.75 Å². The molecule has 0 aliphatic carbocycles. The Morgan fingerprint density at radius 3 is 2.83 bits per heavy atom. The number of rotatable bonds is 3. The van der Waals surface area contributed by atoms with E-state index in [0.29, 0.717) is 0 Å². The summed E-state index contributed by atoms with van der Waals surface area (Å²) in [7, 11) is 2.05. The lowest BCUT2D eigenvalue weighted by molar-refractivity contribution is 0.241. The number of nitrogens with one attached hydrogen (secondary N) is 1. The van der Waals surface area contributed by atoms with E-state index in [4.69, 9.17) is 4.74 Å². The van der Waals surface area contributed by atoms with E-state index in [1.54, 1.807) is 0 Å². The molecule has 0 bridgehead atoms. The van der Waals surface area contributed by atoms with Crippen molar-refractivity contribution in [1.82, 2.24) is 5.32 Å². The fraction of sp³-hybridized carbons (Fsp3) is 0.600. The van der Waals surface area contributed by atoms with Crippen LogP contribution in [0.15, 0.2) is 23.1 Å². The minimum atomic E-state index is 0.0647. The number of thioether (sulfide) groups is 1. The zero-order chi connectivity index (χ0) is 13.2. The van der Waals surface area contributed by atoms with Crippen molar-refractivity contribution in [3.63, 3.8) is 0 Å². The van der Waals surface area contributed by atoms with Gasteiger partial charge in [-0.1, -0.05) is 0 Å². The average molecular weight is 265 g/mol. The molecule has 2 nitrogen and oxygen atoms in total. The van der Waals surface area contributed by atoms with Crippen LogP contribution in [0.4, 0.5) is 0 Å². The topological polar surface area (TPSA) is 21.3 Å². The zero-order valence-electron chi connectivity index (χ0n) is 11.7. The van der Waals surface area contributed by atoms with E-state index >= 15 is 0 Å². The predicted octanol–water partition coefficient (Wildman–Crippen LogP) is 3.79. The maximum atomic E-state index is 5.82. The molecule has 0 saturated heterocycles. The Bertz CT molecular complexity index is 419. The van der Waals surface area contributed by atoms with Crippen molar-refractivity contribution in [2.45, 2.75) is 50.2 Å². The van der Waals surface area contributed by atoms with Crippen LogP contribution in [0, 0.1) is 0 Å². The summed E-state index contributed by atoms with van der Waals surface area (Å²) in [6.45, 7) is 6.42. The molecule has 0 spiro atoms. The maximum absolute atomic E-state index is 5.82. The molecule has 3 heteroatoms. The maximum Gasteiger partial charge on any atom is 0.120 e. The highest BCUT2D eigenvalue weighted by Gasteiger charge is 2.29. The Kier molecular flexibility index (Phi) is 4.23. The molecule has 1 aliphatic rings. The van der Waals surface area contributed by atoms with E-state index in [-0.39, 0.29) is 11.6 Å². The lowest BCUT2D eigenvalue weighted by Crippen LogP contribution is -2.36. The van der Waals surface area contributed by atoms with Gasteiger partial charge < -0.3 is 10.1 Å². The van der Waals surface area contributed by atoms with Crippen LogP contribution in [0.25, 0.3) is 0 Å². The second-order valence-electron chi connectivity index (χ2n) is 5.36. The molecule has 0 saturated carbocycles. The molecule has 1 aliphatic heterocycles. The van der Waals surface area contributed by atoms with Crippen molar-refractivity contribution in [1.29, 1.82) is 0 Å². The summed E-state index contributed by atoms with van der Waals surface area (Å²) in [4.78, 5) is 1.39. The van der Waals surface area contributed by atoms with E-state index in [0.717, 1.165) is 5.75 Å². The summed E-state index contributed by atoms with van der Waals surface area (Å²) in [5, 5.41) is 3.49. The molecule has 1 N–H and O–H groups in total. The van der Waals surface area contributed by atoms with Crippen LogP contribution in [0.5, 0.6) is 5.75 Å². The Morgan fingerprint density at radius 1 is 1.39 bits per heavy atom. The first-order valence-corrected chi connectivity index (χ1v) is 7.66. The van der Waals surface area contributed by atoms with Gasteiger partial charge in [-0.05, 0) is 70.2 Å². The third-order valence-corrected chi connectivity index (χ3v) is 4.71. The number of hydrogen-bond donors (Lipinski definition) is 1. The van der Waals surface area contributed by atoms with E-state index in [1.165, 1.54) is 29.1 Å². The van der Waals surface area contributed by atoms with Gasteiger partial charge in [-0.2, -0.15) is 0 Å². The first-order chi connectivity index (χ1) is 8.55. The molecule has 100 valence electrons. The van der Waals surface area contributed by atoms with Crippen LogP contribution in [0.3, 0.4) is 0 Å². The van der Waals surface area contributed by atoms with Gasteiger partial charge in [0.2, 0.25) is 0 Å². The molecule has 0 aromatic heterocycles. The monoisotopic (exact) mass is 265 g/mol. The normalized spacial score (nSPS) is 23.6. The van der Waals surface area contributed by atoms with Crippen molar-refractivity contribution < 1.29 is 4.74 Å². The number of ether oxygens (including phenoxy) is 1. The number of hydrogen-bond acceptors (Lipinski definition) is 3. The average Bonchev–Trinajstić information content (AvgIpc) is 2.50. The fourth-order valence-corrected chi connectivity index (χ4v) is 3.53. The highest BCUT2D eigenvalue weighted by Crippen LogP contribution is 2.40. The smallest absolute Gasteiger partial charge is 0.120 e. The molecule has 18 heavy (non-hydrogen) atoms. The zero-order valence-corrected chi connectivity index (χ0v) is 12.6. The third-order valence-electron chi connectivity index (χ3n) is 3.55. The second-order valence-corrected chi connectivity index (χ2v) is 6.50. The van der Waals surface area contributed by atoms with Crippen LogP contribution < -0.4 is 10.1 Å². The van der Waals surface area contributed by atoms with Gasteiger partial charge in [0.15, 0.2) is 0 Å². The highest BCUT2D eigenvalue weighted by molar-refractivity contribution is 7.99. The minimum Gasteiger partial charge on any atom is -0.491 e. The minimum absolute atomic E-state index is 0.0647. The van der Waals surface area contributed by atoms with Crippen LogP contribution in [-0.2, 0) is 5.54 Å². The van der Waals surface area contributed by atoms with Crippen molar-refractivity contribution in [3.8, 4) is 5.75 Å². The summed E-state index contributed by atoms with van der Waals surface area (Å²) >= 11 is 1.96. The third kappa shape index (κ3) is 2.83. The molecule has 0 fully saturated rings. The highest BCUT2D eigenvalue weighted by atomic mass is 32.2. The molecular weight excluding hydrogens is 242 g/mol. The van der Waals surface area contributed by atoms with Gasteiger partial charge in [-0.15, -0.1) is 11.8 Å². The largest absolute Gasteiger partial charge is 0.491 e. The Hall–Kier alpha value is -0.670.